The second-order valence-electron chi connectivity index (χ2n) is 8.78. The molecule has 0 heterocycles. The van der Waals surface area contributed by atoms with E-state index in [0.717, 1.165) is 0 Å². The number of carbonyl (C=O) groups excluding carboxylic acids is 3. The van der Waals surface area contributed by atoms with Crippen molar-refractivity contribution in [3.8, 4) is 5.75 Å². The Morgan fingerprint density at radius 1 is 1.27 bits per heavy atom. The maximum Gasteiger partial charge on any atom is 0.255 e. The number of carbonyl (C=O) groups is 3. The van der Waals surface area contributed by atoms with E-state index in [1.807, 2.05) is 0 Å². The normalized spacial score (nSPS) is 28.8. The molecule has 0 aliphatic heterocycles. The summed E-state index contributed by atoms with van der Waals surface area (Å²) in [5.74, 6) is -4.77. The van der Waals surface area contributed by atoms with Crippen molar-refractivity contribution in [2.45, 2.75) is 24.5 Å². The van der Waals surface area contributed by atoms with Gasteiger partial charge in [-0.3, -0.25) is 24.7 Å². The minimum absolute atomic E-state index is 0.00909. The molecule has 10 nitrogen and oxygen atoms in total. The first-order valence-corrected chi connectivity index (χ1v) is 10.2. The van der Waals surface area contributed by atoms with Gasteiger partial charge >= 0.3 is 0 Å². The number of ketones is 2. The van der Waals surface area contributed by atoms with Crippen LogP contribution in [0.4, 0.5) is 0 Å². The Morgan fingerprint density at radius 3 is 2.52 bits per heavy atom. The lowest BCUT2D eigenvalue weighted by Gasteiger charge is -2.50. The molecule has 172 valence electrons. The monoisotopic (exact) mass is 453 g/mol. The number of hydrogen-bond donors (Lipinski definition) is 6. The number of Topliss-reactive ketones (excluding diaryl/α,β-unsaturated/α-hetero) is 2. The zero-order valence-corrected chi connectivity index (χ0v) is 17.9. The smallest absolute Gasteiger partial charge is 0.255 e. The number of nitrogens with zero attached hydrogens (tertiary/aromatic N) is 1. The summed E-state index contributed by atoms with van der Waals surface area (Å²) in [6.07, 6.45) is 1.52. The molecule has 1 amide bonds. The summed E-state index contributed by atoms with van der Waals surface area (Å²) in [5.41, 5.74) is 2.42. The van der Waals surface area contributed by atoms with Gasteiger partial charge in [-0.2, -0.15) is 0 Å². The number of nitrogens with one attached hydrogen (secondary N) is 1. The fraction of sp³-hybridized carbons (Fsp3) is 0.348. The molecule has 0 saturated heterocycles. The molecule has 4 atom stereocenters. The molecule has 7 N–H and O–H groups in total. The number of amides is 1. The topological polar surface area (TPSA) is 185 Å². The van der Waals surface area contributed by atoms with Crippen molar-refractivity contribution in [1.29, 1.82) is 5.41 Å². The van der Waals surface area contributed by atoms with E-state index >= 15 is 0 Å². The molecule has 0 spiro atoms. The van der Waals surface area contributed by atoms with Gasteiger partial charge in [-0.1, -0.05) is 6.07 Å². The van der Waals surface area contributed by atoms with Crippen LogP contribution in [0.3, 0.4) is 0 Å². The minimum Gasteiger partial charge on any atom is -0.510 e. The number of allylic oxidation sites excluding steroid dienone is 1. The van der Waals surface area contributed by atoms with Crippen molar-refractivity contribution in [3.05, 3.63) is 51.5 Å². The van der Waals surface area contributed by atoms with Crippen molar-refractivity contribution < 1.29 is 34.8 Å². The van der Waals surface area contributed by atoms with Crippen LogP contribution in [0.2, 0.25) is 0 Å². The fourth-order valence-corrected chi connectivity index (χ4v) is 5.49. The highest BCUT2D eigenvalue weighted by atomic mass is 16.3. The lowest BCUT2D eigenvalue weighted by Crippen LogP contribution is -2.63. The van der Waals surface area contributed by atoms with E-state index in [0.29, 0.717) is 11.1 Å². The number of rotatable bonds is 3. The molecule has 0 bridgehead atoms. The van der Waals surface area contributed by atoms with Crippen LogP contribution in [0, 0.1) is 17.2 Å². The second kappa shape index (κ2) is 7.41. The van der Waals surface area contributed by atoms with Crippen molar-refractivity contribution in [1.82, 2.24) is 4.90 Å². The Hall–Kier alpha value is -3.72. The lowest BCUT2D eigenvalue weighted by molar-refractivity contribution is -0.148. The van der Waals surface area contributed by atoms with Crippen LogP contribution in [-0.2, 0) is 16.0 Å². The molecular weight excluding hydrogens is 430 g/mol. The Morgan fingerprint density at radius 2 is 1.94 bits per heavy atom. The highest BCUT2D eigenvalue weighted by Crippen LogP contribution is 2.52. The molecule has 0 radical (unpaired) electrons. The van der Waals surface area contributed by atoms with E-state index in [1.165, 1.54) is 23.1 Å². The Bertz CT molecular complexity index is 1240. The lowest BCUT2D eigenvalue weighted by atomic mass is 9.58. The molecule has 0 aromatic heterocycles. The molecule has 1 aromatic carbocycles. The van der Waals surface area contributed by atoms with E-state index in [9.17, 15) is 34.8 Å². The van der Waals surface area contributed by atoms with Crippen molar-refractivity contribution in [3.63, 3.8) is 0 Å². The summed E-state index contributed by atoms with van der Waals surface area (Å²) in [5, 5.41) is 51.0. The first-order chi connectivity index (χ1) is 15.5. The summed E-state index contributed by atoms with van der Waals surface area (Å²) in [7, 11) is 3.14. The summed E-state index contributed by atoms with van der Waals surface area (Å²) >= 11 is 0. The van der Waals surface area contributed by atoms with Gasteiger partial charge in [-0.15, -0.1) is 0 Å². The van der Waals surface area contributed by atoms with Gasteiger partial charge in [-0.05, 0) is 55.9 Å². The molecule has 10 heteroatoms. The zero-order valence-electron chi connectivity index (χ0n) is 17.9. The summed E-state index contributed by atoms with van der Waals surface area (Å²) in [6, 6.07) is 1.77. The van der Waals surface area contributed by atoms with Crippen LogP contribution < -0.4 is 5.73 Å². The Labute approximate surface area is 188 Å². The zero-order chi connectivity index (χ0) is 24.4. The summed E-state index contributed by atoms with van der Waals surface area (Å²) < 4.78 is 0. The SMILES string of the molecule is CN(C)[C@@H]1C(O)=C(C(N)=O)C(=O)[C@@]2(O)C(O)=C3C(=O)c4c(O)ccc(C=C=N)c4C[C@H]3C[C@@H]12. The maximum atomic E-state index is 13.4. The van der Waals surface area contributed by atoms with Crippen LogP contribution in [0.5, 0.6) is 5.75 Å². The quantitative estimate of drug-likeness (QED) is 0.280. The number of benzene rings is 1. The molecule has 3 aliphatic carbocycles. The van der Waals surface area contributed by atoms with Crippen LogP contribution >= 0.6 is 0 Å². The second-order valence-corrected chi connectivity index (χ2v) is 8.78. The van der Waals surface area contributed by atoms with Gasteiger partial charge in [0.25, 0.3) is 5.91 Å². The fourth-order valence-electron chi connectivity index (χ4n) is 5.49. The van der Waals surface area contributed by atoms with Gasteiger partial charge in [0, 0.05) is 17.6 Å². The van der Waals surface area contributed by atoms with Gasteiger partial charge in [0.05, 0.1) is 11.6 Å². The van der Waals surface area contributed by atoms with E-state index in [2.05, 4.69) is 5.87 Å². The molecule has 0 fully saturated rings. The first kappa shape index (κ1) is 22.5. The van der Waals surface area contributed by atoms with Crippen molar-refractivity contribution in [2.24, 2.45) is 17.6 Å². The van der Waals surface area contributed by atoms with Gasteiger partial charge in [0.2, 0.25) is 5.78 Å². The summed E-state index contributed by atoms with van der Waals surface area (Å²) in [6.45, 7) is 0. The summed E-state index contributed by atoms with van der Waals surface area (Å²) in [4.78, 5) is 40.0. The minimum atomic E-state index is -2.66. The number of phenols is 1. The molecular formula is C23H23N3O7. The predicted molar refractivity (Wildman–Crippen MR) is 116 cm³/mol. The molecule has 3 aliphatic rings. The number of nitrogens with two attached hydrogens (primary N) is 1. The van der Waals surface area contributed by atoms with Gasteiger partial charge in [-0.25, -0.2) is 0 Å². The van der Waals surface area contributed by atoms with Gasteiger partial charge in [0.1, 0.15) is 22.8 Å². The Kier molecular flexibility index (Phi) is 5.05. The van der Waals surface area contributed by atoms with E-state index in [4.69, 9.17) is 11.1 Å². The number of primary amides is 1. The average Bonchev–Trinajstić information content (AvgIpc) is 2.72. The molecule has 1 aromatic rings. The largest absolute Gasteiger partial charge is 0.510 e. The Balaban J connectivity index is 1.99. The average molecular weight is 453 g/mol. The number of likely N-dealkylation sites (N-methyl/N-ethyl adjacent to an activating group) is 1. The van der Waals surface area contributed by atoms with Crippen molar-refractivity contribution >= 4 is 29.4 Å². The van der Waals surface area contributed by atoms with E-state index in [-0.39, 0.29) is 29.7 Å². The molecule has 33 heavy (non-hydrogen) atoms. The third-order valence-corrected chi connectivity index (χ3v) is 6.87. The van der Waals surface area contributed by atoms with Gasteiger partial charge < -0.3 is 26.2 Å². The number of aliphatic hydroxyl groups is 3. The third kappa shape index (κ3) is 2.88. The molecule has 4 rings (SSSR count). The van der Waals surface area contributed by atoms with Crippen LogP contribution in [0.1, 0.15) is 27.9 Å². The number of hydrogen-bond acceptors (Lipinski definition) is 9. The van der Waals surface area contributed by atoms with Gasteiger partial charge in [0.15, 0.2) is 11.4 Å². The molecule has 0 unspecified atom stereocenters. The third-order valence-electron chi connectivity index (χ3n) is 6.87. The number of phenolic OH excluding ortho intramolecular Hbond substituents is 1. The first-order valence-electron chi connectivity index (χ1n) is 10.2. The molecule has 0 saturated carbocycles. The van der Waals surface area contributed by atoms with E-state index < -0.39 is 58.0 Å². The van der Waals surface area contributed by atoms with Crippen molar-refractivity contribution in [2.75, 3.05) is 14.1 Å². The number of fused-ring (bicyclic) bond motifs is 3. The van der Waals surface area contributed by atoms with E-state index in [1.54, 1.807) is 14.1 Å². The number of aliphatic hydroxyl groups excluding tert-OH is 2. The number of aromatic hydroxyl groups is 1. The highest BCUT2D eigenvalue weighted by Gasteiger charge is 2.63. The van der Waals surface area contributed by atoms with Crippen LogP contribution in [0.25, 0.3) is 6.08 Å². The standard InChI is InChI=1S/C23H23N3O7/c1-26(2)17-12-8-10-7-11-9(5-6-24)3-4-13(27)15(11)18(28)14(10)20(30)23(12,33)21(31)16(19(17)29)22(25)32/h3-5,10,12,17,24,27,29-30,33H,7-8H2,1-2H3,(H2,25,32)/t10-,12-,17-,23-/m0/s1. The maximum absolute atomic E-state index is 13.4. The van der Waals surface area contributed by atoms with Crippen LogP contribution in [0.15, 0.2) is 34.8 Å². The predicted octanol–water partition coefficient (Wildman–Crippen LogP) is 0.382. The highest BCUT2D eigenvalue weighted by molar-refractivity contribution is 6.24. The van der Waals surface area contributed by atoms with Crippen LogP contribution in [-0.4, -0.2) is 74.4 Å².